The molecule has 0 radical (unpaired) electrons. The van der Waals surface area contributed by atoms with Crippen molar-refractivity contribution in [1.29, 1.82) is 0 Å². The van der Waals surface area contributed by atoms with Crippen LogP contribution in [0.1, 0.15) is 62.5 Å². The molecule has 170 valence electrons. The molecule has 0 aliphatic carbocycles. The number of fused-ring (bicyclic) bond motifs is 1. The van der Waals surface area contributed by atoms with Crippen LogP contribution in [-0.4, -0.2) is 56.6 Å². The molecule has 1 atom stereocenters. The van der Waals surface area contributed by atoms with Crippen molar-refractivity contribution in [3.8, 4) is 11.5 Å². The Morgan fingerprint density at radius 2 is 2.06 bits per heavy atom. The molecular formula is C22H24N2O7S. The quantitative estimate of drug-likeness (QED) is 0.586. The van der Waals surface area contributed by atoms with Crippen molar-refractivity contribution in [1.82, 2.24) is 4.90 Å². The zero-order valence-corrected chi connectivity index (χ0v) is 17.2. The van der Waals surface area contributed by atoms with E-state index in [0.717, 1.165) is 25.1 Å². The first-order valence-electron chi connectivity index (χ1n) is 14.8. The summed E-state index contributed by atoms with van der Waals surface area (Å²) >= 11 is 0. The number of carbonyl (C=O) groups is 3. The highest BCUT2D eigenvalue weighted by atomic mass is 32.2. The maximum atomic E-state index is 13.7. The van der Waals surface area contributed by atoms with Crippen LogP contribution < -0.4 is 14.8 Å². The van der Waals surface area contributed by atoms with Crippen molar-refractivity contribution in [2.75, 3.05) is 30.9 Å². The highest BCUT2D eigenvalue weighted by Crippen LogP contribution is 2.38. The molecule has 2 aromatic carbocycles. The van der Waals surface area contributed by atoms with Gasteiger partial charge in [-0.3, -0.25) is 19.3 Å². The van der Waals surface area contributed by atoms with E-state index in [1.165, 1.54) is 12.1 Å². The van der Waals surface area contributed by atoms with Gasteiger partial charge in [0.2, 0.25) is 5.91 Å². The highest BCUT2D eigenvalue weighted by molar-refractivity contribution is 7.90. The molecule has 10 heteroatoms. The van der Waals surface area contributed by atoms with Gasteiger partial charge in [-0.25, -0.2) is 8.42 Å². The van der Waals surface area contributed by atoms with Crippen LogP contribution >= 0.6 is 0 Å². The Kier molecular flexibility index (Phi) is 3.37. The van der Waals surface area contributed by atoms with Crippen molar-refractivity contribution in [2.24, 2.45) is 0 Å². The van der Waals surface area contributed by atoms with Gasteiger partial charge in [-0.15, -0.1) is 0 Å². The van der Waals surface area contributed by atoms with Crippen LogP contribution in [0.3, 0.4) is 0 Å². The number of benzene rings is 2. The topological polar surface area (TPSA) is 119 Å². The van der Waals surface area contributed by atoms with E-state index in [2.05, 4.69) is 5.32 Å². The van der Waals surface area contributed by atoms with E-state index in [1.54, 1.807) is 0 Å². The smallest absolute Gasteiger partial charge is 0.264 e. The standard InChI is InChI=1S/C22H24N2O7S/c1-5-31-19-11-14(9-10-18(19)30-3)17(12-32(4,28)29)24-21(26)15-7-6-8-16(23-13(2)25)20(15)22(24)27/h6-11,17H,5,12H2,1-4H3,(H,23,25)/i1D3,3D3,4D3,5D2,17D. The van der Waals surface area contributed by atoms with E-state index in [1.807, 2.05) is 0 Å². The molecule has 9 nitrogen and oxygen atoms in total. The Hall–Kier alpha value is -3.40. The van der Waals surface area contributed by atoms with Gasteiger partial charge in [-0.05, 0) is 36.7 Å². The Morgan fingerprint density at radius 3 is 2.75 bits per heavy atom. The third-order valence-electron chi connectivity index (χ3n) is 4.37. The minimum atomic E-state index is -5.34. The van der Waals surface area contributed by atoms with Crippen molar-refractivity contribution in [2.45, 2.75) is 19.8 Å². The number of carbonyl (C=O) groups excluding carboxylic acids is 3. The highest BCUT2D eigenvalue weighted by Gasteiger charge is 2.43. The predicted octanol–water partition coefficient (Wildman–Crippen LogP) is 2.43. The monoisotopic (exact) mass is 472 g/mol. The lowest BCUT2D eigenvalue weighted by Crippen LogP contribution is -2.37. The van der Waals surface area contributed by atoms with Crippen LogP contribution in [0.15, 0.2) is 36.4 Å². The number of nitrogens with zero attached hydrogens (tertiary/aromatic N) is 1. The van der Waals surface area contributed by atoms with Gasteiger partial charge in [-0.1, -0.05) is 12.1 Å². The van der Waals surface area contributed by atoms with Crippen LogP contribution in [-0.2, 0) is 14.6 Å². The number of sulfone groups is 1. The lowest BCUT2D eigenvalue weighted by molar-refractivity contribution is -0.114. The van der Waals surface area contributed by atoms with Crippen molar-refractivity contribution >= 4 is 33.2 Å². The molecule has 1 unspecified atom stereocenters. The molecule has 1 heterocycles. The number of hydrogen-bond donors (Lipinski definition) is 1. The van der Waals surface area contributed by atoms with E-state index in [0.29, 0.717) is 6.07 Å². The Balaban J connectivity index is 2.34. The van der Waals surface area contributed by atoms with Crippen molar-refractivity contribution in [3.05, 3.63) is 53.1 Å². The van der Waals surface area contributed by atoms with Crippen LogP contribution in [0.2, 0.25) is 0 Å². The summed E-state index contributed by atoms with van der Waals surface area (Å²) in [5, 5.41) is 2.33. The number of ether oxygens (including phenoxy) is 2. The summed E-state index contributed by atoms with van der Waals surface area (Å²) in [6.45, 7) is -5.92. The average Bonchev–Trinajstić information content (AvgIpc) is 3.08. The van der Waals surface area contributed by atoms with Crippen LogP contribution in [0.5, 0.6) is 11.5 Å². The number of rotatable bonds is 8. The van der Waals surface area contributed by atoms with Gasteiger partial charge in [0.15, 0.2) is 11.5 Å². The molecule has 3 amide bonds. The van der Waals surface area contributed by atoms with Crippen LogP contribution in [0, 0.1) is 0 Å². The summed E-state index contributed by atoms with van der Waals surface area (Å²) in [6.07, 6.45) is -3.76. The molecule has 1 aliphatic heterocycles. The summed E-state index contributed by atoms with van der Waals surface area (Å²) in [7, 11) is -8.55. The second-order valence-corrected chi connectivity index (χ2v) is 8.05. The third kappa shape index (κ3) is 4.59. The minimum absolute atomic E-state index is 0.105. The van der Waals surface area contributed by atoms with E-state index in [4.69, 9.17) is 24.6 Å². The molecule has 1 N–H and O–H groups in total. The third-order valence-corrected chi connectivity index (χ3v) is 5.02. The summed E-state index contributed by atoms with van der Waals surface area (Å²) in [5.41, 5.74) is -1.77. The Labute approximate surface area is 203 Å². The number of amides is 3. The van der Waals surface area contributed by atoms with Gasteiger partial charge < -0.3 is 14.8 Å². The van der Waals surface area contributed by atoms with E-state index in [9.17, 15) is 24.2 Å². The molecule has 0 aromatic heterocycles. The fraction of sp³-hybridized carbons (Fsp3) is 0.318. The average molecular weight is 473 g/mol. The number of hydrogen-bond acceptors (Lipinski definition) is 7. The second kappa shape index (κ2) is 8.99. The maximum Gasteiger partial charge on any atom is 0.264 e. The zero-order chi connectivity index (χ0) is 33.8. The van der Waals surface area contributed by atoms with Gasteiger partial charge in [0.05, 0.1) is 50.4 Å². The van der Waals surface area contributed by atoms with Crippen LogP contribution in [0.25, 0.3) is 0 Å². The van der Waals surface area contributed by atoms with Crippen molar-refractivity contribution < 1.29 is 48.7 Å². The Morgan fingerprint density at radius 1 is 1.25 bits per heavy atom. The van der Waals surface area contributed by atoms with Gasteiger partial charge in [0.1, 0.15) is 9.84 Å². The lowest BCUT2D eigenvalue weighted by Gasteiger charge is -2.27. The predicted molar refractivity (Wildman–Crippen MR) is 118 cm³/mol. The first kappa shape index (κ1) is 12.0. The molecular weight excluding hydrogens is 436 g/mol. The molecule has 1 aliphatic rings. The largest absolute Gasteiger partial charge is 0.493 e. The number of methoxy groups -OCH3 is 1. The zero-order valence-electron chi connectivity index (χ0n) is 28.4. The fourth-order valence-electron chi connectivity index (χ4n) is 3.19. The lowest BCUT2D eigenvalue weighted by atomic mass is 10.1. The molecule has 0 fully saturated rings. The van der Waals surface area contributed by atoms with Crippen LogP contribution in [0.4, 0.5) is 5.69 Å². The molecule has 0 saturated heterocycles. The molecule has 32 heavy (non-hydrogen) atoms. The van der Waals surface area contributed by atoms with Gasteiger partial charge in [0, 0.05) is 21.3 Å². The summed E-state index contributed by atoms with van der Waals surface area (Å²) in [6, 6.07) is 2.53. The van der Waals surface area contributed by atoms with Gasteiger partial charge >= 0.3 is 0 Å². The first-order valence-corrected chi connectivity index (χ1v) is 10.4. The van der Waals surface area contributed by atoms with Crippen molar-refractivity contribution in [3.63, 3.8) is 0 Å². The molecule has 3 rings (SSSR count). The second-order valence-electron chi connectivity index (χ2n) is 6.53. The Bertz CT molecular complexity index is 1620. The number of anilines is 1. The molecule has 0 saturated carbocycles. The molecule has 2 aromatic rings. The first-order chi connectivity index (χ1) is 19.7. The molecule has 0 bridgehead atoms. The summed E-state index contributed by atoms with van der Waals surface area (Å²) < 4.78 is 127. The van der Waals surface area contributed by atoms with E-state index < -0.39 is 88.6 Å². The summed E-state index contributed by atoms with van der Waals surface area (Å²) in [5.74, 6) is -6.84. The number of nitrogens with one attached hydrogen (secondary N) is 1. The molecule has 0 spiro atoms. The minimum Gasteiger partial charge on any atom is -0.493 e. The SMILES string of the molecule is [2H]C([2H])([2H])Oc1ccc(C([2H])(CS(=O)(=O)C([2H])([2H])[2H])N2C(=O)c3cccc(NC(C)=O)c3C2=O)cc1OC([2H])([2H])C([2H])([2H])[2H]. The number of imide groups is 1. The van der Waals surface area contributed by atoms with Gasteiger partial charge in [0.25, 0.3) is 11.8 Å². The normalized spacial score (nSPS) is 22.3. The van der Waals surface area contributed by atoms with Gasteiger partial charge in [-0.2, -0.15) is 0 Å². The maximum absolute atomic E-state index is 13.7. The summed E-state index contributed by atoms with van der Waals surface area (Å²) in [4.78, 5) is 39.1. The van der Waals surface area contributed by atoms with E-state index in [-0.39, 0.29) is 16.2 Å². The van der Waals surface area contributed by atoms with E-state index >= 15 is 0 Å². The fourth-order valence-corrected chi connectivity index (χ4v) is 3.84.